The SMILES string of the molecule is CCC1CCCNCC1CC. The first-order chi connectivity index (χ1) is 5.38. The Labute approximate surface area is 70.6 Å². The van der Waals surface area contributed by atoms with Crippen LogP contribution in [0.15, 0.2) is 0 Å². The Hall–Kier alpha value is -0.0400. The first-order valence-electron chi connectivity index (χ1n) is 5.09. The molecule has 1 nitrogen and oxygen atoms in total. The van der Waals surface area contributed by atoms with E-state index in [0.717, 1.165) is 11.8 Å². The second-order valence-corrected chi connectivity index (χ2v) is 3.68. The van der Waals surface area contributed by atoms with Crippen LogP contribution in [0.5, 0.6) is 0 Å². The van der Waals surface area contributed by atoms with E-state index >= 15 is 0 Å². The van der Waals surface area contributed by atoms with Crippen molar-refractivity contribution < 1.29 is 0 Å². The van der Waals surface area contributed by atoms with Gasteiger partial charge in [0, 0.05) is 0 Å². The Morgan fingerprint density at radius 2 is 1.91 bits per heavy atom. The van der Waals surface area contributed by atoms with E-state index < -0.39 is 0 Å². The number of nitrogens with one attached hydrogen (secondary N) is 1. The number of rotatable bonds is 2. The zero-order valence-corrected chi connectivity index (χ0v) is 7.90. The molecular weight excluding hydrogens is 134 g/mol. The lowest BCUT2D eigenvalue weighted by molar-refractivity contribution is 0.309. The third kappa shape index (κ3) is 2.48. The molecule has 0 aromatic heterocycles. The summed E-state index contributed by atoms with van der Waals surface area (Å²) in [6.07, 6.45) is 5.56. The fourth-order valence-electron chi connectivity index (χ4n) is 2.19. The van der Waals surface area contributed by atoms with Crippen LogP contribution in [-0.2, 0) is 0 Å². The van der Waals surface area contributed by atoms with E-state index in [1.54, 1.807) is 0 Å². The molecule has 1 N–H and O–H groups in total. The van der Waals surface area contributed by atoms with Crippen molar-refractivity contribution in [2.24, 2.45) is 11.8 Å². The molecule has 1 heterocycles. The van der Waals surface area contributed by atoms with Gasteiger partial charge >= 0.3 is 0 Å². The summed E-state index contributed by atoms with van der Waals surface area (Å²) in [6, 6.07) is 0. The Kier molecular flexibility index (Phi) is 3.92. The van der Waals surface area contributed by atoms with E-state index in [2.05, 4.69) is 19.2 Å². The molecule has 0 aromatic rings. The van der Waals surface area contributed by atoms with Gasteiger partial charge in [0.25, 0.3) is 0 Å². The lowest BCUT2D eigenvalue weighted by Gasteiger charge is -2.21. The summed E-state index contributed by atoms with van der Waals surface area (Å²) in [5.41, 5.74) is 0. The smallest absolute Gasteiger partial charge is 0.00180 e. The molecule has 1 saturated heterocycles. The molecule has 0 saturated carbocycles. The van der Waals surface area contributed by atoms with Crippen molar-refractivity contribution in [3.63, 3.8) is 0 Å². The van der Waals surface area contributed by atoms with E-state index in [4.69, 9.17) is 0 Å². The van der Waals surface area contributed by atoms with Crippen LogP contribution in [0.4, 0.5) is 0 Å². The fourth-order valence-corrected chi connectivity index (χ4v) is 2.19. The first kappa shape index (κ1) is 9.05. The molecule has 1 heteroatoms. The molecule has 0 amide bonds. The lowest BCUT2D eigenvalue weighted by atomic mass is 9.86. The minimum absolute atomic E-state index is 0.947. The van der Waals surface area contributed by atoms with Crippen LogP contribution < -0.4 is 5.32 Å². The quantitative estimate of drug-likeness (QED) is 0.646. The van der Waals surface area contributed by atoms with Crippen molar-refractivity contribution in [3.8, 4) is 0 Å². The average molecular weight is 155 g/mol. The first-order valence-corrected chi connectivity index (χ1v) is 5.09. The highest BCUT2D eigenvalue weighted by Gasteiger charge is 2.19. The third-order valence-corrected chi connectivity index (χ3v) is 3.05. The van der Waals surface area contributed by atoms with Gasteiger partial charge in [-0.2, -0.15) is 0 Å². The summed E-state index contributed by atoms with van der Waals surface area (Å²) in [4.78, 5) is 0. The van der Waals surface area contributed by atoms with Gasteiger partial charge in [-0.25, -0.2) is 0 Å². The Morgan fingerprint density at radius 3 is 2.55 bits per heavy atom. The molecule has 1 rings (SSSR count). The van der Waals surface area contributed by atoms with Gasteiger partial charge in [0.1, 0.15) is 0 Å². The minimum Gasteiger partial charge on any atom is -0.316 e. The zero-order valence-electron chi connectivity index (χ0n) is 7.90. The zero-order chi connectivity index (χ0) is 8.10. The molecule has 2 atom stereocenters. The van der Waals surface area contributed by atoms with Gasteiger partial charge in [-0.3, -0.25) is 0 Å². The molecule has 0 aromatic carbocycles. The summed E-state index contributed by atoms with van der Waals surface area (Å²) in [5, 5.41) is 3.51. The highest BCUT2D eigenvalue weighted by Crippen LogP contribution is 2.25. The van der Waals surface area contributed by atoms with Gasteiger partial charge < -0.3 is 5.32 Å². The van der Waals surface area contributed by atoms with Crippen molar-refractivity contribution in [1.29, 1.82) is 0 Å². The van der Waals surface area contributed by atoms with Crippen molar-refractivity contribution >= 4 is 0 Å². The molecule has 0 radical (unpaired) electrons. The standard InChI is InChI=1S/C10H21N/c1-3-9-6-5-7-11-8-10(9)4-2/h9-11H,3-8H2,1-2H3. The summed E-state index contributed by atoms with van der Waals surface area (Å²) >= 11 is 0. The molecular formula is C10H21N. The summed E-state index contributed by atoms with van der Waals surface area (Å²) in [6.45, 7) is 7.15. The normalized spacial score (nSPS) is 33.3. The molecule has 11 heavy (non-hydrogen) atoms. The Morgan fingerprint density at radius 1 is 1.18 bits per heavy atom. The topological polar surface area (TPSA) is 12.0 Å². The van der Waals surface area contributed by atoms with E-state index in [1.807, 2.05) is 0 Å². The molecule has 0 aliphatic carbocycles. The third-order valence-electron chi connectivity index (χ3n) is 3.05. The molecule has 2 unspecified atom stereocenters. The van der Waals surface area contributed by atoms with Gasteiger partial charge in [0.15, 0.2) is 0 Å². The maximum atomic E-state index is 3.51. The minimum atomic E-state index is 0.947. The summed E-state index contributed by atoms with van der Waals surface area (Å²) in [7, 11) is 0. The van der Waals surface area contributed by atoms with Crippen LogP contribution in [0.1, 0.15) is 39.5 Å². The predicted octanol–water partition coefficient (Wildman–Crippen LogP) is 2.42. The van der Waals surface area contributed by atoms with E-state index in [-0.39, 0.29) is 0 Å². The van der Waals surface area contributed by atoms with Crippen molar-refractivity contribution in [3.05, 3.63) is 0 Å². The second-order valence-electron chi connectivity index (χ2n) is 3.68. The largest absolute Gasteiger partial charge is 0.316 e. The van der Waals surface area contributed by atoms with Gasteiger partial charge in [-0.15, -0.1) is 0 Å². The van der Waals surface area contributed by atoms with Crippen LogP contribution in [0.2, 0.25) is 0 Å². The van der Waals surface area contributed by atoms with Crippen molar-refractivity contribution in [2.45, 2.75) is 39.5 Å². The highest BCUT2D eigenvalue weighted by atomic mass is 14.9. The predicted molar refractivity (Wildman–Crippen MR) is 49.7 cm³/mol. The van der Waals surface area contributed by atoms with E-state index in [1.165, 1.54) is 38.8 Å². The van der Waals surface area contributed by atoms with Crippen molar-refractivity contribution in [1.82, 2.24) is 5.32 Å². The fraction of sp³-hybridized carbons (Fsp3) is 1.00. The van der Waals surface area contributed by atoms with Crippen LogP contribution >= 0.6 is 0 Å². The van der Waals surface area contributed by atoms with E-state index in [0.29, 0.717) is 0 Å². The van der Waals surface area contributed by atoms with E-state index in [9.17, 15) is 0 Å². The second kappa shape index (κ2) is 4.76. The molecule has 1 aliphatic heterocycles. The lowest BCUT2D eigenvalue weighted by Crippen LogP contribution is -2.23. The molecule has 1 aliphatic rings. The number of hydrogen-bond donors (Lipinski definition) is 1. The van der Waals surface area contributed by atoms with Gasteiger partial charge in [0.2, 0.25) is 0 Å². The maximum absolute atomic E-state index is 3.51. The molecule has 66 valence electrons. The highest BCUT2D eigenvalue weighted by molar-refractivity contribution is 4.73. The van der Waals surface area contributed by atoms with Crippen LogP contribution in [0.25, 0.3) is 0 Å². The van der Waals surface area contributed by atoms with Gasteiger partial charge in [0.05, 0.1) is 0 Å². The van der Waals surface area contributed by atoms with Crippen LogP contribution in [0.3, 0.4) is 0 Å². The summed E-state index contributed by atoms with van der Waals surface area (Å²) in [5.74, 6) is 1.94. The maximum Gasteiger partial charge on any atom is -0.00180 e. The van der Waals surface area contributed by atoms with Crippen molar-refractivity contribution in [2.75, 3.05) is 13.1 Å². The van der Waals surface area contributed by atoms with Crippen LogP contribution in [-0.4, -0.2) is 13.1 Å². The van der Waals surface area contributed by atoms with Gasteiger partial charge in [-0.05, 0) is 37.8 Å². The monoisotopic (exact) mass is 155 g/mol. The average Bonchev–Trinajstić information content (AvgIpc) is 2.27. The van der Waals surface area contributed by atoms with Crippen LogP contribution in [0, 0.1) is 11.8 Å². The molecule has 1 fully saturated rings. The number of hydrogen-bond acceptors (Lipinski definition) is 1. The summed E-state index contributed by atoms with van der Waals surface area (Å²) < 4.78 is 0. The van der Waals surface area contributed by atoms with Gasteiger partial charge in [-0.1, -0.05) is 26.7 Å². The molecule has 0 bridgehead atoms. The molecule has 0 spiro atoms. The Bertz CT molecular complexity index is 89.0. The Balaban J connectivity index is 2.41.